The molecule has 0 bridgehead atoms. The number of nitrogens with one attached hydrogen (secondary N) is 2. The van der Waals surface area contributed by atoms with E-state index in [1.165, 1.54) is 0 Å². The number of nitrogens with zero attached hydrogens (tertiary/aromatic N) is 1. The second-order valence-electron chi connectivity index (χ2n) is 8.26. The smallest absolute Gasteiger partial charge is 0.338 e. The minimum Gasteiger partial charge on any atom is -0.494 e. The summed E-state index contributed by atoms with van der Waals surface area (Å²) in [6.45, 7) is 4.60. The van der Waals surface area contributed by atoms with E-state index >= 15 is 0 Å². The van der Waals surface area contributed by atoms with Crippen molar-refractivity contribution in [2.75, 3.05) is 18.1 Å². The zero-order valence-electron chi connectivity index (χ0n) is 19.1. The van der Waals surface area contributed by atoms with Crippen molar-refractivity contribution < 1.29 is 23.5 Å². The molecule has 0 aliphatic carbocycles. The number of benzene rings is 2. The fourth-order valence-corrected chi connectivity index (χ4v) is 4.90. The Morgan fingerprint density at radius 2 is 1.71 bits per heavy atom. The summed E-state index contributed by atoms with van der Waals surface area (Å²) in [7, 11) is 0. The molecule has 8 nitrogen and oxygen atoms in total. The predicted molar refractivity (Wildman–Crippen MR) is 125 cm³/mol. The van der Waals surface area contributed by atoms with Crippen LogP contribution in [0.4, 0.5) is 5.69 Å². The molecule has 4 atom stereocenters. The van der Waals surface area contributed by atoms with Crippen molar-refractivity contribution in [2.45, 2.75) is 32.0 Å². The molecule has 1 aromatic heterocycles. The molecule has 2 N–H and O–H groups in total. The summed E-state index contributed by atoms with van der Waals surface area (Å²) in [4.78, 5) is 27.6. The number of ether oxygens (including phenoxy) is 2. The lowest BCUT2D eigenvalue weighted by molar-refractivity contribution is -0.119. The molecule has 2 fully saturated rings. The number of rotatable bonds is 7. The molecule has 1 amide bonds. The largest absolute Gasteiger partial charge is 0.494 e. The summed E-state index contributed by atoms with van der Waals surface area (Å²) in [5.41, 5.74) is 8.59. The standard InChI is InChI=1S/C26H27N3O5/c1-3-32-19-13-9-16(10-14-19)24-21-22(20-6-5-15-34-20)27-28-23(21)25(30)29(24)18-11-7-17(8-12-18)26(31)33-4-2/h5-15,21-24,27-28H,3-4H2,1-2H3. The van der Waals surface area contributed by atoms with Gasteiger partial charge in [-0.05, 0) is 67.9 Å². The van der Waals surface area contributed by atoms with E-state index in [0.29, 0.717) is 24.5 Å². The number of amides is 1. The summed E-state index contributed by atoms with van der Waals surface area (Å²) in [6.07, 6.45) is 1.64. The minimum absolute atomic E-state index is 0.0469. The van der Waals surface area contributed by atoms with Crippen LogP contribution in [0, 0.1) is 5.92 Å². The Bertz CT molecular complexity index is 1140. The molecule has 2 saturated heterocycles. The van der Waals surface area contributed by atoms with Crippen LogP contribution in [0.5, 0.6) is 5.75 Å². The van der Waals surface area contributed by atoms with Crippen molar-refractivity contribution in [1.82, 2.24) is 10.9 Å². The minimum atomic E-state index is -0.434. The molecule has 5 rings (SSSR count). The fourth-order valence-electron chi connectivity index (χ4n) is 4.90. The lowest BCUT2D eigenvalue weighted by atomic mass is 9.85. The third-order valence-electron chi connectivity index (χ3n) is 6.35. The van der Waals surface area contributed by atoms with Crippen LogP contribution in [-0.4, -0.2) is 31.1 Å². The first-order valence-electron chi connectivity index (χ1n) is 11.5. The molecule has 0 radical (unpaired) electrons. The summed E-state index contributed by atoms with van der Waals surface area (Å²) >= 11 is 0. The average Bonchev–Trinajstić information content (AvgIpc) is 3.58. The van der Waals surface area contributed by atoms with E-state index in [1.54, 1.807) is 37.5 Å². The van der Waals surface area contributed by atoms with Crippen LogP contribution >= 0.6 is 0 Å². The molecule has 0 spiro atoms. The van der Waals surface area contributed by atoms with Gasteiger partial charge in [-0.15, -0.1) is 0 Å². The predicted octanol–water partition coefficient (Wildman–Crippen LogP) is 3.78. The SMILES string of the molecule is CCOC(=O)c1ccc(N2C(=O)C3NNC(c4ccco4)C3C2c2ccc(OCC)cc2)cc1. The van der Waals surface area contributed by atoms with Crippen LogP contribution in [0.3, 0.4) is 0 Å². The van der Waals surface area contributed by atoms with Gasteiger partial charge in [0.1, 0.15) is 17.6 Å². The lowest BCUT2D eigenvalue weighted by Crippen LogP contribution is -2.41. The van der Waals surface area contributed by atoms with E-state index < -0.39 is 6.04 Å². The van der Waals surface area contributed by atoms with Crippen LogP contribution in [-0.2, 0) is 9.53 Å². The number of anilines is 1. The van der Waals surface area contributed by atoms with Crippen LogP contribution < -0.4 is 20.5 Å². The van der Waals surface area contributed by atoms with Gasteiger partial charge in [0.25, 0.3) is 0 Å². The molecule has 0 saturated carbocycles. The van der Waals surface area contributed by atoms with E-state index in [2.05, 4.69) is 10.9 Å². The van der Waals surface area contributed by atoms with Crippen LogP contribution in [0.25, 0.3) is 0 Å². The first-order chi connectivity index (χ1) is 16.6. The lowest BCUT2D eigenvalue weighted by Gasteiger charge is -2.30. The Kier molecular flexibility index (Phi) is 6.08. The Morgan fingerprint density at radius 1 is 0.971 bits per heavy atom. The molecule has 8 heteroatoms. The highest BCUT2D eigenvalue weighted by Crippen LogP contribution is 2.49. The van der Waals surface area contributed by atoms with E-state index in [1.807, 2.05) is 48.2 Å². The second-order valence-corrected chi connectivity index (χ2v) is 8.26. The van der Waals surface area contributed by atoms with E-state index in [9.17, 15) is 9.59 Å². The Morgan fingerprint density at radius 3 is 2.35 bits per heavy atom. The molecule has 3 heterocycles. The van der Waals surface area contributed by atoms with Crippen molar-refractivity contribution in [3.8, 4) is 5.75 Å². The highest BCUT2D eigenvalue weighted by Gasteiger charge is 2.56. The van der Waals surface area contributed by atoms with Gasteiger partial charge in [0.15, 0.2) is 0 Å². The van der Waals surface area contributed by atoms with E-state index in [0.717, 1.165) is 17.1 Å². The number of furan rings is 1. The maximum absolute atomic E-state index is 13.7. The van der Waals surface area contributed by atoms with Crippen LogP contribution in [0.15, 0.2) is 71.3 Å². The Balaban J connectivity index is 1.54. The van der Waals surface area contributed by atoms with E-state index in [-0.39, 0.29) is 29.9 Å². The number of carbonyl (C=O) groups is 2. The van der Waals surface area contributed by atoms with Gasteiger partial charge in [-0.3, -0.25) is 4.79 Å². The molecule has 3 aromatic rings. The second kappa shape index (κ2) is 9.32. The summed E-state index contributed by atoms with van der Waals surface area (Å²) in [6, 6.07) is 17.7. The molecule has 4 unspecified atom stereocenters. The van der Waals surface area contributed by atoms with Crippen molar-refractivity contribution in [3.05, 3.63) is 83.8 Å². The average molecular weight is 462 g/mol. The maximum Gasteiger partial charge on any atom is 0.338 e. The van der Waals surface area contributed by atoms with Gasteiger partial charge in [-0.1, -0.05) is 12.1 Å². The fraction of sp³-hybridized carbons (Fsp3) is 0.308. The number of carbonyl (C=O) groups excluding carboxylic acids is 2. The first kappa shape index (κ1) is 22.2. The highest BCUT2D eigenvalue weighted by atomic mass is 16.5. The van der Waals surface area contributed by atoms with Crippen LogP contribution in [0.1, 0.15) is 47.6 Å². The molecule has 2 aliphatic rings. The van der Waals surface area contributed by atoms with Crippen molar-refractivity contribution in [2.24, 2.45) is 5.92 Å². The summed E-state index contributed by atoms with van der Waals surface area (Å²) in [5, 5.41) is 0. The van der Waals surface area contributed by atoms with Crippen molar-refractivity contribution in [1.29, 1.82) is 0 Å². The van der Waals surface area contributed by atoms with Gasteiger partial charge >= 0.3 is 5.97 Å². The monoisotopic (exact) mass is 461 g/mol. The Hall–Kier alpha value is -3.62. The van der Waals surface area contributed by atoms with E-state index in [4.69, 9.17) is 13.9 Å². The van der Waals surface area contributed by atoms with Gasteiger partial charge in [-0.25, -0.2) is 15.6 Å². The number of fused-ring (bicyclic) bond motifs is 1. The topological polar surface area (TPSA) is 93.0 Å². The molecule has 34 heavy (non-hydrogen) atoms. The number of hydrogen-bond acceptors (Lipinski definition) is 7. The number of esters is 1. The summed E-state index contributed by atoms with van der Waals surface area (Å²) in [5.74, 6) is 0.993. The van der Waals surface area contributed by atoms with Gasteiger partial charge < -0.3 is 18.8 Å². The maximum atomic E-state index is 13.7. The first-order valence-corrected chi connectivity index (χ1v) is 11.5. The zero-order chi connectivity index (χ0) is 23.7. The third-order valence-corrected chi connectivity index (χ3v) is 6.35. The van der Waals surface area contributed by atoms with Gasteiger partial charge in [0.05, 0.1) is 37.1 Å². The number of hydrogen-bond donors (Lipinski definition) is 2. The molecule has 176 valence electrons. The summed E-state index contributed by atoms with van der Waals surface area (Å²) < 4.78 is 16.4. The normalized spacial score (nSPS) is 23.7. The van der Waals surface area contributed by atoms with Gasteiger partial charge in [0.2, 0.25) is 5.91 Å². The molecular weight excluding hydrogens is 434 g/mol. The Labute approximate surface area is 197 Å². The highest BCUT2D eigenvalue weighted by molar-refractivity contribution is 6.02. The van der Waals surface area contributed by atoms with Gasteiger partial charge in [-0.2, -0.15) is 0 Å². The van der Waals surface area contributed by atoms with Gasteiger partial charge in [0, 0.05) is 11.6 Å². The third kappa shape index (κ3) is 3.85. The van der Waals surface area contributed by atoms with Crippen molar-refractivity contribution >= 4 is 17.6 Å². The zero-order valence-corrected chi connectivity index (χ0v) is 19.1. The molecule has 2 aliphatic heterocycles. The molecular formula is C26H27N3O5. The molecule has 2 aromatic carbocycles. The van der Waals surface area contributed by atoms with Crippen molar-refractivity contribution in [3.63, 3.8) is 0 Å². The van der Waals surface area contributed by atoms with Crippen LogP contribution in [0.2, 0.25) is 0 Å². The number of hydrazine groups is 1. The quantitative estimate of drug-likeness (QED) is 0.517.